The van der Waals surface area contributed by atoms with Gasteiger partial charge in [-0.25, -0.2) is 0 Å². The molecule has 0 saturated carbocycles. The molecular weight excluding hydrogens is 380 g/mol. The van der Waals surface area contributed by atoms with Crippen LogP contribution in [0.4, 0.5) is 11.4 Å². The third kappa shape index (κ3) is 5.03. The second-order valence-corrected chi connectivity index (χ2v) is 6.65. The van der Waals surface area contributed by atoms with Gasteiger partial charge in [0.05, 0.1) is 11.3 Å². The molecule has 2 rings (SSSR count). The number of halogens is 1. The van der Waals surface area contributed by atoms with Crippen molar-refractivity contribution in [2.24, 2.45) is 0 Å². The van der Waals surface area contributed by atoms with Crippen molar-refractivity contribution in [2.75, 3.05) is 30.9 Å². The number of carbonyl (C=O) groups excluding carboxylic acids is 1. The molecule has 4 nitrogen and oxygen atoms in total. The third-order valence-corrected chi connectivity index (χ3v) is 4.14. The van der Waals surface area contributed by atoms with Crippen molar-refractivity contribution < 1.29 is 4.79 Å². The Morgan fingerprint density at radius 3 is 2.44 bits per heavy atom. The highest BCUT2D eigenvalue weighted by Gasteiger charge is 2.10. The molecule has 0 radical (unpaired) electrons. The van der Waals surface area contributed by atoms with E-state index in [1.54, 1.807) is 24.3 Å². The summed E-state index contributed by atoms with van der Waals surface area (Å²) in [5.41, 5.74) is 2.23. The van der Waals surface area contributed by atoms with Gasteiger partial charge in [-0.3, -0.25) is 9.59 Å². The minimum atomic E-state index is -0.322. The highest BCUT2D eigenvalue weighted by Crippen LogP contribution is 2.15. The molecule has 25 heavy (non-hydrogen) atoms. The average Bonchev–Trinajstić information content (AvgIpc) is 2.73. The molecular formula is C20H21BrN2O2. The fourth-order valence-electron chi connectivity index (χ4n) is 2.29. The van der Waals surface area contributed by atoms with Crippen LogP contribution >= 0.6 is 15.9 Å². The fraction of sp³-hybridized carbons (Fsp3) is 0.200. The lowest BCUT2D eigenvalue weighted by Gasteiger charge is -2.11. The van der Waals surface area contributed by atoms with E-state index in [0.717, 1.165) is 11.3 Å². The van der Waals surface area contributed by atoms with E-state index in [9.17, 15) is 9.59 Å². The van der Waals surface area contributed by atoms with Crippen LogP contribution in [0.25, 0.3) is 6.08 Å². The monoisotopic (exact) mass is 400 g/mol. The number of hydrogen-bond acceptors (Lipinski definition) is 4. The van der Waals surface area contributed by atoms with Gasteiger partial charge >= 0.3 is 0 Å². The third-order valence-electron chi connectivity index (χ3n) is 3.65. The Kier molecular flexibility index (Phi) is 6.53. The summed E-state index contributed by atoms with van der Waals surface area (Å²) < 4.78 is 0.681. The number of allylic oxidation sites excluding steroid dienone is 1. The molecule has 1 N–H and O–H groups in total. The number of nitrogens with one attached hydrogen (secondary N) is 1. The van der Waals surface area contributed by atoms with E-state index in [1.807, 2.05) is 50.2 Å². The Hall–Kier alpha value is -2.40. The van der Waals surface area contributed by atoms with E-state index in [4.69, 9.17) is 0 Å². The van der Waals surface area contributed by atoms with E-state index in [2.05, 4.69) is 21.2 Å². The van der Waals surface area contributed by atoms with Crippen molar-refractivity contribution in [3.05, 3.63) is 74.4 Å². The van der Waals surface area contributed by atoms with Crippen LogP contribution in [0.1, 0.15) is 22.8 Å². The fourth-order valence-corrected chi connectivity index (χ4v) is 2.65. The molecule has 2 aromatic carbocycles. The first-order valence-corrected chi connectivity index (χ1v) is 8.79. The molecule has 2 aromatic rings. The molecule has 0 aromatic heterocycles. The Morgan fingerprint density at radius 2 is 1.84 bits per heavy atom. The topological polar surface area (TPSA) is 49.4 Å². The molecule has 0 aliphatic carbocycles. The van der Waals surface area contributed by atoms with Crippen LogP contribution in [0, 0.1) is 0 Å². The zero-order chi connectivity index (χ0) is 18.4. The maximum absolute atomic E-state index is 12.5. The Balaban J connectivity index is 2.31. The van der Waals surface area contributed by atoms with Crippen molar-refractivity contribution in [2.45, 2.75) is 6.92 Å². The van der Waals surface area contributed by atoms with Gasteiger partial charge in [0.15, 0.2) is 5.78 Å². The summed E-state index contributed by atoms with van der Waals surface area (Å²) in [6, 6.07) is 12.8. The van der Waals surface area contributed by atoms with Gasteiger partial charge in [-0.15, -0.1) is 0 Å². The lowest BCUT2D eigenvalue weighted by molar-refractivity contribution is 0.104. The summed E-state index contributed by atoms with van der Waals surface area (Å²) in [5.74, 6) is -0.322. The predicted molar refractivity (Wildman–Crippen MR) is 109 cm³/mol. The summed E-state index contributed by atoms with van der Waals surface area (Å²) in [6.07, 6.45) is 3.15. The molecule has 130 valence electrons. The van der Waals surface area contributed by atoms with Gasteiger partial charge in [-0.05, 0) is 48.9 Å². The lowest BCUT2D eigenvalue weighted by Crippen LogP contribution is -2.15. The Morgan fingerprint density at radius 1 is 1.16 bits per heavy atom. The van der Waals surface area contributed by atoms with Crippen LogP contribution in [0.15, 0.2) is 57.8 Å². The molecule has 0 spiro atoms. The molecule has 0 fully saturated rings. The second-order valence-electron chi connectivity index (χ2n) is 5.73. The van der Waals surface area contributed by atoms with Crippen molar-refractivity contribution in [1.29, 1.82) is 0 Å². The highest BCUT2D eigenvalue weighted by atomic mass is 79.9. The molecule has 0 aliphatic heterocycles. The first-order valence-electron chi connectivity index (χ1n) is 8.00. The largest absolute Gasteiger partial charge is 0.382 e. The number of nitrogens with zero attached hydrogens (tertiary/aromatic N) is 1. The molecule has 0 unspecified atom stereocenters. The first kappa shape index (κ1) is 18.9. The first-order chi connectivity index (χ1) is 11.9. The summed E-state index contributed by atoms with van der Waals surface area (Å²) in [7, 11) is 3.94. The number of hydrogen-bond donors (Lipinski definition) is 1. The minimum absolute atomic E-state index is 0.133. The summed E-state index contributed by atoms with van der Waals surface area (Å²) >= 11 is 3.35. The lowest BCUT2D eigenvalue weighted by atomic mass is 10.1. The van der Waals surface area contributed by atoms with Crippen LogP contribution in [-0.2, 0) is 0 Å². The summed E-state index contributed by atoms with van der Waals surface area (Å²) in [6.45, 7) is 2.51. The van der Waals surface area contributed by atoms with Gasteiger partial charge in [0, 0.05) is 30.8 Å². The van der Waals surface area contributed by atoms with Crippen molar-refractivity contribution in [3.63, 3.8) is 0 Å². The van der Waals surface area contributed by atoms with Crippen molar-refractivity contribution in [3.8, 4) is 0 Å². The molecule has 0 saturated heterocycles. The van der Waals surface area contributed by atoms with E-state index >= 15 is 0 Å². The standard InChI is InChI=1S/C20H21BrN2O2/c1-4-22-18-11-8-15(21)13-17(20(18)25)19(24)12-7-14-5-9-16(10-6-14)23(2)3/h5-13H,4H2,1-3H3,(H,22,25)/b12-7+. The summed E-state index contributed by atoms with van der Waals surface area (Å²) in [5, 5.41) is 2.99. The molecule has 0 bridgehead atoms. The SMILES string of the molecule is CCNc1ccc(Br)cc(C(=O)/C=C/c2ccc(N(C)C)cc2)c1=O. The van der Waals surface area contributed by atoms with E-state index in [-0.39, 0.29) is 16.8 Å². The van der Waals surface area contributed by atoms with Gasteiger partial charge in [-0.2, -0.15) is 0 Å². The number of carbonyl (C=O) groups is 1. The molecule has 5 heteroatoms. The average molecular weight is 401 g/mol. The maximum atomic E-state index is 12.5. The zero-order valence-corrected chi connectivity index (χ0v) is 16.1. The van der Waals surface area contributed by atoms with Crippen LogP contribution in [0.5, 0.6) is 0 Å². The maximum Gasteiger partial charge on any atom is 0.212 e. The van der Waals surface area contributed by atoms with Gasteiger partial charge in [0.2, 0.25) is 5.43 Å². The van der Waals surface area contributed by atoms with Crippen LogP contribution in [0.3, 0.4) is 0 Å². The molecule has 0 amide bonds. The normalized spacial score (nSPS) is 10.7. The van der Waals surface area contributed by atoms with Gasteiger partial charge < -0.3 is 10.2 Å². The van der Waals surface area contributed by atoms with E-state index < -0.39 is 0 Å². The molecule has 0 atom stereocenters. The van der Waals surface area contributed by atoms with E-state index in [0.29, 0.717) is 16.7 Å². The molecule has 0 aliphatic rings. The van der Waals surface area contributed by atoms with Gasteiger partial charge in [0.25, 0.3) is 0 Å². The van der Waals surface area contributed by atoms with Crippen LogP contribution < -0.4 is 15.6 Å². The van der Waals surface area contributed by atoms with Crippen molar-refractivity contribution >= 4 is 39.2 Å². The number of ketones is 1. The van der Waals surface area contributed by atoms with Gasteiger partial charge in [0.1, 0.15) is 0 Å². The minimum Gasteiger partial charge on any atom is -0.382 e. The van der Waals surface area contributed by atoms with E-state index in [1.165, 1.54) is 6.08 Å². The van der Waals surface area contributed by atoms with Gasteiger partial charge in [-0.1, -0.05) is 34.1 Å². The quantitative estimate of drug-likeness (QED) is 0.582. The highest BCUT2D eigenvalue weighted by molar-refractivity contribution is 9.10. The van der Waals surface area contributed by atoms with Crippen LogP contribution in [0.2, 0.25) is 0 Å². The Bertz CT molecular complexity index is 843. The number of anilines is 2. The number of benzene rings is 1. The summed E-state index contributed by atoms with van der Waals surface area (Å²) in [4.78, 5) is 27.1. The smallest absolute Gasteiger partial charge is 0.212 e. The number of rotatable bonds is 6. The predicted octanol–water partition coefficient (Wildman–Crippen LogP) is 4.20. The Labute approximate surface area is 156 Å². The van der Waals surface area contributed by atoms with Crippen molar-refractivity contribution in [1.82, 2.24) is 0 Å². The van der Waals surface area contributed by atoms with Crippen LogP contribution in [-0.4, -0.2) is 26.4 Å². The zero-order valence-electron chi connectivity index (χ0n) is 14.5. The second kappa shape index (κ2) is 8.62. The molecule has 0 heterocycles.